The van der Waals surface area contributed by atoms with E-state index in [2.05, 4.69) is 11.8 Å². The second-order valence-corrected chi connectivity index (χ2v) is 7.27. The summed E-state index contributed by atoms with van der Waals surface area (Å²) in [5.74, 6) is 4.08. The molecule has 25 heavy (non-hydrogen) atoms. The molecule has 0 spiro atoms. The number of benzene rings is 1. The van der Waals surface area contributed by atoms with Gasteiger partial charge in [0.2, 0.25) is 0 Å². The molecule has 4 rings (SSSR count). The molecule has 0 N–H and O–H groups in total. The maximum atomic E-state index is 13.0. The molecule has 2 unspecified atom stereocenters. The third-order valence-electron chi connectivity index (χ3n) is 4.88. The lowest BCUT2D eigenvalue weighted by atomic mass is 9.96. The Kier molecular flexibility index (Phi) is 4.15. The van der Waals surface area contributed by atoms with Crippen LogP contribution < -0.4 is 0 Å². The number of ether oxygens (including phenoxy) is 1. The van der Waals surface area contributed by atoms with Gasteiger partial charge in [0.15, 0.2) is 0 Å². The van der Waals surface area contributed by atoms with Gasteiger partial charge in [0, 0.05) is 21.2 Å². The number of nitrogens with zero attached hydrogens (tertiary/aromatic N) is 2. The van der Waals surface area contributed by atoms with E-state index in [1.54, 1.807) is 19.1 Å². The molecule has 3 aliphatic rings. The van der Waals surface area contributed by atoms with Gasteiger partial charge in [-0.2, -0.15) is 0 Å². The van der Waals surface area contributed by atoms with Gasteiger partial charge in [0.25, 0.3) is 11.8 Å². The van der Waals surface area contributed by atoms with Crippen LogP contribution in [0.25, 0.3) is 0 Å². The first-order valence-electron chi connectivity index (χ1n) is 8.19. The van der Waals surface area contributed by atoms with E-state index in [1.165, 1.54) is 10.0 Å². The number of fused-ring (bicyclic) bond motifs is 3. The van der Waals surface area contributed by atoms with E-state index < -0.39 is 5.92 Å². The summed E-state index contributed by atoms with van der Waals surface area (Å²) in [5, 5.41) is 3.58. The zero-order valence-corrected chi connectivity index (χ0v) is 15.1. The number of rotatable bonds is 1. The Morgan fingerprint density at radius 3 is 2.04 bits per heavy atom. The molecule has 130 valence electrons. The monoisotopic (exact) mass is 378 g/mol. The second kappa shape index (κ2) is 6.21. The lowest BCUT2D eigenvalue weighted by Crippen LogP contribution is -2.45. The predicted molar refractivity (Wildman–Crippen MR) is 93.1 cm³/mol. The fourth-order valence-electron chi connectivity index (χ4n) is 3.78. The van der Waals surface area contributed by atoms with Crippen molar-refractivity contribution in [1.29, 1.82) is 0 Å². The van der Waals surface area contributed by atoms with Crippen LogP contribution in [0.3, 0.4) is 0 Å². The van der Waals surface area contributed by atoms with E-state index in [-0.39, 0.29) is 34.1 Å². The first-order chi connectivity index (χ1) is 12.0. The molecule has 0 saturated carbocycles. The highest BCUT2D eigenvalue weighted by molar-refractivity contribution is 6.37. The van der Waals surface area contributed by atoms with Crippen LogP contribution in [0.4, 0.5) is 0 Å². The standard InChI is InChI=1S/C18H16Cl2N2O3/c1-2-3-10-6-13(19)15(14(20)7-10)16-17(23)21-8-11-4-5-12(25-11)9-22(21)18(16)24/h6-7,11-12,16H,4-5,8-9H2,1H3. The molecular weight excluding hydrogens is 363 g/mol. The van der Waals surface area contributed by atoms with E-state index in [4.69, 9.17) is 27.9 Å². The van der Waals surface area contributed by atoms with Crippen molar-refractivity contribution >= 4 is 35.0 Å². The van der Waals surface area contributed by atoms with E-state index >= 15 is 0 Å². The number of hydrogen-bond acceptors (Lipinski definition) is 3. The number of carbonyl (C=O) groups excluding carboxylic acids is 2. The van der Waals surface area contributed by atoms with Gasteiger partial charge in [-0.3, -0.25) is 9.59 Å². The number of hydrazine groups is 1. The summed E-state index contributed by atoms with van der Waals surface area (Å²) in [6, 6.07) is 3.29. The number of carbonyl (C=O) groups is 2. The summed E-state index contributed by atoms with van der Waals surface area (Å²) < 4.78 is 5.83. The maximum Gasteiger partial charge on any atom is 0.258 e. The fourth-order valence-corrected chi connectivity index (χ4v) is 4.48. The van der Waals surface area contributed by atoms with Crippen LogP contribution in [-0.2, 0) is 14.3 Å². The minimum Gasteiger partial charge on any atom is -0.371 e. The number of hydrogen-bond donors (Lipinski definition) is 0. The molecule has 3 heterocycles. The van der Waals surface area contributed by atoms with Crippen LogP contribution in [0.5, 0.6) is 0 Å². The van der Waals surface area contributed by atoms with Crippen molar-refractivity contribution in [2.24, 2.45) is 0 Å². The number of amides is 2. The van der Waals surface area contributed by atoms with Crippen molar-refractivity contribution < 1.29 is 14.3 Å². The molecule has 1 aromatic rings. The third kappa shape index (κ3) is 2.69. The Hall–Kier alpha value is -1.74. The average Bonchev–Trinajstić information content (AvgIpc) is 2.99. The molecule has 1 aromatic carbocycles. The quantitative estimate of drug-likeness (QED) is 0.557. The summed E-state index contributed by atoms with van der Waals surface area (Å²) >= 11 is 12.7. The summed E-state index contributed by atoms with van der Waals surface area (Å²) in [6.45, 7) is 2.50. The lowest BCUT2D eigenvalue weighted by Gasteiger charge is -2.27. The fraction of sp³-hybridized carbons (Fsp3) is 0.444. The van der Waals surface area contributed by atoms with E-state index in [1.807, 2.05) is 0 Å². The summed E-state index contributed by atoms with van der Waals surface area (Å²) in [4.78, 5) is 25.9. The van der Waals surface area contributed by atoms with Crippen LogP contribution in [0.15, 0.2) is 12.1 Å². The summed E-state index contributed by atoms with van der Waals surface area (Å²) in [5.41, 5.74) is 1.02. The van der Waals surface area contributed by atoms with Crippen molar-refractivity contribution in [2.75, 3.05) is 13.1 Å². The van der Waals surface area contributed by atoms with Gasteiger partial charge >= 0.3 is 0 Å². The zero-order valence-electron chi connectivity index (χ0n) is 13.6. The highest BCUT2D eigenvalue weighted by Crippen LogP contribution is 2.40. The van der Waals surface area contributed by atoms with Gasteiger partial charge in [-0.15, -0.1) is 5.92 Å². The molecule has 5 nitrogen and oxygen atoms in total. The molecule has 0 aliphatic carbocycles. The molecule has 0 aromatic heterocycles. The van der Waals surface area contributed by atoms with Gasteiger partial charge in [-0.25, -0.2) is 10.0 Å². The van der Waals surface area contributed by atoms with Crippen LogP contribution in [0.1, 0.15) is 36.8 Å². The van der Waals surface area contributed by atoms with E-state index in [0.717, 1.165) is 12.8 Å². The Bertz CT molecular complexity index is 776. The van der Waals surface area contributed by atoms with Gasteiger partial charge < -0.3 is 4.74 Å². The largest absolute Gasteiger partial charge is 0.371 e. The molecule has 2 atom stereocenters. The van der Waals surface area contributed by atoms with Gasteiger partial charge in [-0.05, 0) is 31.9 Å². The van der Waals surface area contributed by atoms with Gasteiger partial charge in [0.1, 0.15) is 5.92 Å². The van der Waals surface area contributed by atoms with Crippen molar-refractivity contribution in [3.63, 3.8) is 0 Å². The molecule has 2 amide bonds. The molecule has 0 radical (unpaired) electrons. The Morgan fingerprint density at radius 1 is 1.04 bits per heavy atom. The first-order valence-corrected chi connectivity index (χ1v) is 8.95. The Morgan fingerprint density at radius 2 is 1.56 bits per heavy atom. The molecule has 3 fully saturated rings. The van der Waals surface area contributed by atoms with Crippen molar-refractivity contribution in [3.05, 3.63) is 33.3 Å². The van der Waals surface area contributed by atoms with E-state index in [0.29, 0.717) is 24.2 Å². The minimum absolute atomic E-state index is 0.0151. The van der Waals surface area contributed by atoms with E-state index in [9.17, 15) is 9.59 Å². The Balaban J connectivity index is 1.73. The van der Waals surface area contributed by atoms with Crippen LogP contribution in [0.2, 0.25) is 10.0 Å². The van der Waals surface area contributed by atoms with Crippen LogP contribution in [-0.4, -0.2) is 47.1 Å². The van der Waals surface area contributed by atoms with Crippen molar-refractivity contribution in [1.82, 2.24) is 10.0 Å². The van der Waals surface area contributed by atoms with Crippen LogP contribution in [0, 0.1) is 11.8 Å². The second-order valence-electron chi connectivity index (χ2n) is 6.46. The maximum absolute atomic E-state index is 13.0. The first kappa shape index (κ1) is 16.7. The number of halogens is 2. The normalized spacial score (nSPS) is 27.9. The summed E-state index contributed by atoms with van der Waals surface area (Å²) in [6.07, 6.45) is 1.79. The molecule has 7 heteroatoms. The average molecular weight is 379 g/mol. The molecule has 3 aliphatic heterocycles. The minimum atomic E-state index is -0.999. The highest BCUT2D eigenvalue weighted by atomic mass is 35.5. The molecular formula is C18H16Cl2N2O3. The predicted octanol–water partition coefficient (Wildman–Crippen LogP) is 2.60. The van der Waals surface area contributed by atoms with Gasteiger partial charge in [0.05, 0.1) is 25.3 Å². The smallest absolute Gasteiger partial charge is 0.258 e. The van der Waals surface area contributed by atoms with Gasteiger partial charge in [-0.1, -0.05) is 29.1 Å². The molecule has 2 bridgehead atoms. The van der Waals surface area contributed by atoms with Crippen molar-refractivity contribution in [3.8, 4) is 11.8 Å². The lowest BCUT2D eigenvalue weighted by molar-refractivity contribution is -0.146. The zero-order chi connectivity index (χ0) is 17.7. The topological polar surface area (TPSA) is 49.9 Å². The third-order valence-corrected chi connectivity index (χ3v) is 5.51. The SMILES string of the molecule is CC#Cc1cc(Cl)c(C2C(=O)N3CC4CCC(CN3C2=O)O4)c(Cl)c1. The molecule has 3 saturated heterocycles. The highest BCUT2D eigenvalue weighted by Gasteiger charge is 2.51. The summed E-state index contributed by atoms with van der Waals surface area (Å²) in [7, 11) is 0. The van der Waals surface area contributed by atoms with Crippen LogP contribution >= 0.6 is 23.2 Å². The van der Waals surface area contributed by atoms with Crippen molar-refractivity contribution in [2.45, 2.75) is 37.9 Å². The Labute approximate surface area is 155 Å².